The Bertz CT molecular complexity index is 1140. The van der Waals surface area contributed by atoms with E-state index >= 15 is 0 Å². The van der Waals surface area contributed by atoms with E-state index < -0.39 is 6.10 Å². The third-order valence-electron chi connectivity index (χ3n) is 5.99. The highest BCUT2D eigenvalue weighted by molar-refractivity contribution is 6.10. The molecule has 2 aromatic heterocycles. The maximum Gasteiger partial charge on any atom is 0.215 e. The van der Waals surface area contributed by atoms with Crippen LogP contribution >= 0.6 is 0 Å². The molecule has 0 amide bonds. The molecule has 2 aliphatic rings. The van der Waals surface area contributed by atoms with Gasteiger partial charge in [0.25, 0.3) is 0 Å². The Hall–Kier alpha value is -3.39. The molecule has 2 unspecified atom stereocenters. The Morgan fingerprint density at radius 2 is 2.17 bits per heavy atom. The lowest BCUT2D eigenvalue weighted by atomic mass is 9.90. The molecular formula is C22H24N6O2. The van der Waals surface area contributed by atoms with Gasteiger partial charge in [0.15, 0.2) is 6.10 Å². The van der Waals surface area contributed by atoms with E-state index in [-0.39, 0.29) is 5.78 Å². The smallest absolute Gasteiger partial charge is 0.215 e. The third kappa shape index (κ3) is 3.09. The first-order valence-electron chi connectivity index (χ1n) is 10.2. The van der Waals surface area contributed by atoms with Gasteiger partial charge in [0.05, 0.1) is 11.1 Å². The Kier molecular flexibility index (Phi) is 4.63. The average molecular weight is 404 g/mol. The molecule has 2 atom stereocenters. The Morgan fingerprint density at radius 3 is 3.03 bits per heavy atom. The summed E-state index contributed by atoms with van der Waals surface area (Å²) < 4.78 is 0. The molecule has 8 nitrogen and oxygen atoms in total. The zero-order valence-electron chi connectivity index (χ0n) is 16.7. The molecule has 1 fully saturated rings. The number of fused-ring (bicyclic) bond motifs is 1. The number of carbonyl (C=O) groups is 1. The number of nitrogens with zero attached hydrogens (tertiary/aromatic N) is 3. The van der Waals surface area contributed by atoms with E-state index in [1.807, 2.05) is 24.4 Å². The number of anilines is 2. The number of aliphatic hydroxyl groups is 1. The Morgan fingerprint density at radius 1 is 1.27 bits per heavy atom. The first-order valence-corrected chi connectivity index (χ1v) is 10.2. The van der Waals surface area contributed by atoms with Crippen molar-refractivity contribution >= 4 is 28.3 Å². The fourth-order valence-corrected chi connectivity index (χ4v) is 4.42. The van der Waals surface area contributed by atoms with Gasteiger partial charge < -0.3 is 25.6 Å². The van der Waals surface area contributed by atoms with Gasteiger partial charge in [0.1, 0.15) is 23.5 Å². The summed E-state index contributed by atoms with van der Waals surface area (Å²) >= 11 is 0. The molecule has 0 saturated carbocycles. The molecule has 1 aromatic carbocycles. The highest BCUT2D eigenvalue weighted by Gasteiger charge is 2.37. The van der Waals surface area contributed by atoms with Crippen LogP contribution < -0.4 is 15.5 Å². The Labute approximate surface area is 174 Å². The molecule has 3 aromatic rings. The van der Waals surface area contributed by atoms with E-state index in [1.165, 1.54) is 5.56 Å². The second-order valence-electron chi connectivity index (χ2n) is 7.78. The van der Waals surface area contributed by atoms with Gasteiger partial charge in [-0.05, 0) is 36.6 Å². The van der Waals surface area contributed by atoms with Gasteiger partial charge in [-0.15, -0.1) is 0 Å². The summed E-state index contributed by atoms with van der Waals surface area (Å²) in [6, 6.07) is 10.2. The van der Waals surface area contributed by atoms with E-state index in [1.54, 1.807) is 13.4 Å². The van der Waals surface area contributed by atoms with Gasteiger partial charge in [-0.3, -0.25) is 4.79 Å². The molecule has 8 heteroatoms. The van der Waals surface area contributed by atoms with Crippen molar-refractivity contribution in [3.63, 3.8) is 0 Å². The summed E-state index contributed by atoms with van der Waals surface area (Å²) in [5.74, 6) is 1.05. The normalized spacial score (nSPS) is 21.7. The lowest BCUT2D eigenvalue weighted by Gasteiger charge is -2.34. The van der Waals surface area contributed by atoms with E-state index in [9.17, 15) is 9.90 Å². The number of likely N-dealkylation sites (N-methyl/N-ethyl adjacent to an activating group) is 1. The largest absolute Gasteiger partial charge is 0.387 e. The molecule has 4 N–H and O–H groups in total. The molecule has 3 heterocycles. The van der Waals surface area contributed by atoms with E-state index in [0.717, 1.165) is 48.5 Å². The van der Waals surface area contributed by atoms with E-state index in [4.69, 9.17) is 0 Å². The summed E-state index contributed by atoms with van der Waals surface area (Å²) in [7, 11) is 1.70. The zero-order chi connectivity index (χ0) is 20.7. The van der Waals surface area contributed by atoms with Gasteiger partial charge in [-0.1, -0.05) is 12.1 Å². The minimum absolute atomic E-state index is 0.284. The van der Waals surface area contributed by atoms with Crippen LogP contribution in [-0.4, -0.2) is 52.1 Å². The number of benzene rings is 1. The van der Waals surface area contributed by atoms with Gasteiger partial charge in [-0.2, -0.15) is 0 Å². The molecule has 0 spiro atoms. The SMILES string of the molecule is CNC1=C(Nc2cccc(C3CCCN(c4ncnc5[nH]ccc45)C3)c2)C(=O)C1O. The van der Waals surface area contributed by atoms with E-state index in [2.05, 4.69) is 42.6 Å². The number of Topliss-reactive ketones (excluding diaryl/α,β-unsaturated/α-hetero) is 1. The fourth-order valence-electron chi connectivity index (χ4n) is 4.42. The van der Waals surface area contributed by atoms with Gasteiger partial charge in [0, 0.05) is 37.9 Å². The number of H-pyrrole nitrogens is 1. The molecule has 154 valence electrons. The van der Waals surface area contributed by atoms with E-state index in [0.29, 0.717) is 17.3 Å². The number of nitrogens with one attached hydrogen (secondary N) is 3. The predicted molar refractivity (Wildman–Crippen MR) is 115 cm³/mol. The van der Waals surface area contributed by atoms with Crippen molar-refractivity contribution in [2.24, 2.45) is 0 Å². The summed E-state index contributed by atoms with van der Waals surface area (Å²) in [4.78, 5) is 26.3. The van der Waals surface area contributed by atoms with Gasteiger partial charge >= 0.3 is 0 Å². The van der Waals surface area contributed by atoms with Crippen LogP contribution in [0, 0.1) is 0 Å². The topological polar surface area (TPSA) is 106 Å². The predicted octanol–water partition coefficient (Wildman–Crippen LogP) is 2.13. The Balaban J connectivity index is 1.37. The van der Waals surface area contributed by atoms with Crippen LogP contribution in [0.15, 0.2) is 54.3 Å². The highest BCUT2D eigenvalue weighted by atomic mass is 16.3. The maximum absolute atomic E-state index is 12.0. The summed E-state index contributed by atoms with van der Waals surface area (Å²) in [5.41, 5.74) is 3.90. The molecule has 0 bridgehead atoms. The number of hydrogen-bond acceptors (Lipinski definition) is 7. The van der Waals surface area contributed by atoms with Crippen molar-refractivity contribution < 1.29 is 9.90 Å². The van der Waals surface area contributed by atoms with Crippen molar-refractivity contribution in [3.8, 4) is 0 Å². The second-order valence-corrected chi connectivity index (χ2v) is 7.78. The van der Waals surface area contributed by atoms with Crippen LogP contribution in [-0.2, 0) is 4.79 Å². The van der Waals surface area contributed by atoms with Crippen molar-refractivity contribution in [2.45, 2.75) is 24.9 Å². The number of rotatable bonds is 5. The number of carbonyl (C=O) groups excluding carboxylic acids is 1. The zero-order valence-corrected chi connectivity index (χ0v) is 16.7. The monoisotopic (exact) mass is 404 g/mol. The first-order chi connectivity index (χ1) is 14.7. The quantitative estimate of drug-likeness (QED) is 0.516. The van der Waals surface area contributed by atoms with Crippen LogP contribution in [0.4, 0.5) is 11.5 Å². The molecule has 1 aliphatic heterocycles. The highest BCUT2D eigenvalue weighted by Crippen LogP contribution is 2.33. The fraction of sp³-hybridized carbons (Fsp3) is 0.318. The molecular weight excluding hydrogens is 380 g/mol. The number of aliphatic hydroxyl groups excluding tert-OH is 1. The second kappa shape index (κ2) is 7.46. The molecule has 0 radical (unpaired) electrons. The van der Waals surface area contributed by atoms with Crippen LogP contribution in [0.25, 0.3) is 11.0 Å². The summed E-state index contributed by atoms with van der Waals surface area (Å²) in [5, 5.41) is 16.9. The minimum atomic E-state index is -1.05. The van der Waals surface area contributed by atoms with Crippen molar-refractivity contribution in [2.75, 3.05) is 30.4 Å². The molecule has 30 heavy (non-hydrogen) atoms. The lowest BCUT2D eigenvalue weighted by molar-refractivity contribution is -0.124. The summed E-state index contributed by atoms with van der Waals surface area (Å²) in [6.07, 6.45) is 4.64. The molecule has 1 aliphatic carbocycles. The third-order valence-corrected chi connectivity index (χ3v) is 5.99. The lowest BCUT2D eigenvalue weighted by Crippen LogP contribution is -2.44. The number of hydrogen-bond donors (Lipinski definition) is 4. The van der Waals surface area contributed by atoms with Crippen LogP contribution in [0.3, 0.4) is 0 Å². The van der Waals surface area contributed by atoms with Crippen molar-refractivity contribution in [1.29, 1.82) is 0 Å². The van der Waals surface area contributed by atoms with Crippen LogP contribution in [0.1, 0.15) is 24.3 Å². The molecule has 5 rings (SSSR count). The number of aromatic nitrogens is 3. The van der Waals surface area contributed by atoms with Crippen LogP contribution in [0.5, 0.6) is 0 Å². The van der Waals surface area contributed by atoms with Gasteiger partial charge in [0.2, 0.25) is 5.78 Å². The first kappa shape index (κ1) is 18.6. The van der Waals surface area contributed by atoms with Crippen LogP contribution in [0.2, 0.25) is 0 Å². The summed E-state index contributed by atoms with van der Waals surface area (Å²) in [6.45, 7) is 1.85. The van der Waals surface area contributed by atoms with Gasteiger partial charge in [-0.25, -0.2) is 9.97 Å². The van der Waals surface area contributed by atoms with Crippen molar-refractivity contribution in [3.05, 3.63) is 59.8 Å². The number of piperidine rings is 1. The van der Waals surface area contributed by atoms with Crippen molar-refractivity contribution in [1.82, 2.24) is 20.3 Å². The average Bonchev–Trinajstić information content (AvgIpc) is 3.28. The number of ketones is 1. The number of aromatic amines is 1. The molecule has 1 saturated heterocycles. The maximum atomic E-state index is 12.0. The minimum Gasteiger partial charge on any atom is -0.387 e. The standard InChI is InChI=1S/C22H24N6O2/c1-23-17-18(20(30)19(17)29)27-15-6-2-4-13(10-15)14-5-3-9-28(11-14)22-16-7-8-24-21(16)25-12-26-22/h2,4,6-8,10,12,14,19,23,27,29H,3,5,9,11H2,1H3,(H,24,25,26).